The van der Waals surface area contributed by atoms with Crippen molar-refractivity contribution >= 4 is 23.2 Å². The van der Waals surface area contributed by atoms with Crippen LogP contribution in [0.15, 0.2) is 12.1 Å². The fraction of sp³-hybridized carbons (Fsp3) is 0.273. The fourth-order valence-electron chi connectivity index (χ4n) is 1.57. The van der Waals surface area contributed by atoms with Crippen LogP contribution in [-0.4, -0.2) is 19.1 Å². The van der Waals surface area contributed by atoms with Crippen molar-refractivity contribution in [2.45, 2.75) is 6.92 Å². The SMILES string of the molecule is Cc1cc2c(cc1Cl)OCC(=O)N2CC#N. The molecule has 1 heterocycles. The van der Waals surface area contributed by atoms with E-state index in [1.807, 2.05) is 13.0 Å². The van der Waals surface area contributed by atoms with Crippen molar-refractivity contribution in [2.75, 3.05) is 18.1 Å². The number of ether oxygens (including phenoxy) is 1. The van der Waals surface area contributed by atoms with Gasteiger partial charge in [-0.3, -0.25) is 9.69 Å². The number of carbonyl (C=O) groups excluding carboxylic acids is 1. The largest absolute Gasteiger partial charge is 0.482 e. The highest BCUT2D eigenvalue weighted by molar-refractivity contribution is 6.31. The van der Waals surface area contributed by atoms with Gasteiger partial charge < -0.3 is 4.74 Å². The number of halogens is 1. The molecule has 1 aliphatic heterocycles. The maximum Gasteiger partial charge on any atom is 0.265 e. The van der Waals surface area contributed by atoms with Crippen LogP contribution >= 0.6 is 11.6 Å². The van der Waals surface area contributed by atoms with Crippen LogP contribution in [0.25, 0.3) is 0 Å². The number of nitrogens with zero attached hydrogens (tertiary/aromatic N) is 2. The standard InChI is InChI=1S/C11H9ClN2O2/c1-7-4-9-10(5-8(7)12)16-6-11(15)14(9)3-2-13/h4-5H,3,6H2,1H3. The van der Waals surface area contributed by atoms with E-state index in [2.05, 4.69) is 0 Å². The minimum Gasteiger partial charge on any atom is -0.482 e. The number of hydrogen-bond donors (Lipinski definition) is 0. The summed E-state index contributed by atoms with van der Waals surface area (Å²) in [7, 11) is 0. The van der Waals surface area contributed by atoms with Crippen LogP contribution < -0.4 is 9.64 Å². The van der Waals surface area contributed by atoms with E-state index < -0.39 is 0 Å². The van der Waals surface area contributed by atoms with E-state index in [0.29, 0.717) is 16.5 Å². The topological polar surface area (TPSA) is 53.3 Å². The lowest BCUT2D eigenvalue weighted by Crippen LogP contribution is -2.39. The highest BCUT2D eigenvalue weighted by Gasteiger charge is 2.25. The third kappa shape index (κ3) is 1.70. The number of anilines is 1. The first-order valence-electron chi connectivity index (χ1n) is 4.73. The molecule has 0 radical (unpaired) electrons. The predicted molar refractivity (Wildman–Crippen MR) is 59.7 cm³/mol. The van der Waals surface area contributed by atoms with Crippen molar-refractivity contribution < 1.29 is 9.53 Å². The van der Waals surface area contributed by atoms with Gasteiger partial charge in [-0.2, -0.15) is 5.26 Å². The summed E-state index contributed by atoms with van der Waals surface area (Å²) >= 11 is 5.96. The van der Waals surface area contributed by atoms with Crippen LogP contribution in [0.2, 0.25) is 5.02 Å². The average Bonchev–Trinajstić information content (AvgIpc) is 2.25. The fourth-order valence-corrected chi connectivity index (χ4v) is 1.72. The zero-order chi connectivity index (χ0) is 11.7. The van der Waals surface area contributed by atoms with Crippen LogP contribution in [0.4, 0.5) is 5.69 Å². The molecule has 0 spiro atoms. The van der Waals surface area contributed by atoms with Crippen molar-refractivity contribution in [3.8, 4) is 11.8 Å². The quantitative estimate of drug-likeness (QED) is 0.700. The summed E-state index contributed by atoms with van der Waals surface area (Å²) in [5.74, 6) is 0.334. The van der Waals surface area contributed by atoms with Crippen LogP contribution in [0.5, 0.6) is 5.75 Å². The molecule has 82 valence electrons. The van der Waals surface area contributed by atoms with Gasteiger partial charge in [-0.05, 0) is 18.6 Å². The zero-order valence-corrected chi connectivity index (χ0v) is 9.41. The molecule has 0 bridgehead atoms. The molecule has 4 nitrogen and oxygen atoms in total. The Morgan fingerprint density at radius 2 is 2.38 bits per heavy atom. The molecule has 2 rings (SSSR count). The molecule has 0 saturated heterocycles. The number of nitriles is 1. The number of rotatable bonds is 1. The van der Waals surface area contributed by atoms with Crippen LogP contribution in [-0.2, 0) is 4.79 Å². The maximum absolute atomic E-state index is 11.6. The van der Waals surface area contributed by atoms with Gasteiger partial charge in [0.05, 0.1) is 11.8 Å². The average molecular weight is 237 g/mol. The summed E-state index contributed by atoms with van der Waals surface area (Å²) in [6.07, 6.45) is 0. The minimum absolute atomic E-state index is 0.0241. The van der Waals surface area contributed by atoms with E-state index in [1.165, 1.54) is 4.90 Å². The lowest BCUT2D eigenvalue weighted by molar-refractivity contribution is -0.121. The molecule has 0 saturated carbocycles. The van der Waals surface area contributed by atoms with E-state index in [0.717, 1.165) is 5.56 Å². The third-order valence-corrected chi connectivity index (χ3v) is 2.82. The smallest absolute Gasteiger partial charge is 0.265 e. The van der Waals surface area contributed by atoms with Gasteiger partial charge in [-0.1, -0.05) is 11.6 Å². The van der Waals surface area contributed by atoms with Crippen LogP contribution in [0, 0.1) is 18.3 Å². The molecule has 0 atom stereocenters. The highest BCUT2D eigenvalue weighted by Crippen LogP contribution is 2.36. The predicted octanol–water partition coefficient (Wildman–Crippen LogP) is 1.90. The minimum atomic E-state index is -0.212. The van der Waals surface area contributed by atoms with Crippen molar-refractivity contribution in [2.24, 2.45) is 0 Å². The van der Waals surface area contributed by atoms with E-state index in [4.69, 9.17) is 21.6 Å². The summed E-state index contributed by atoms with van der Waals surface area (Å²) in [5.41, 5.74) is 1.46. The van der Waals surface area contributed by atoms with Gasteiger partial charge in [-0.15, -0.1) is 0 Å². The Morgan fingerprint density at radius 1 is 1.62 bits per heavy atom. The zero-order valence-electron chi connectivity index (χ0n) is 8.66. The van der Waals surface area contributed by atoms with Gasteiger partial charge in [0.1, 0.15) is 12.3 Å². The second kappa shape index (κ2) is 4.03. The monoisotopic (exact) mass is 236 g/mol. The molecule has 1 amide bonds. The van der Waals surface area contributed by atoms with Crippen molar-refractivity contribution in [3.63, 3.8) is 0 Å². The first kappa shape index (κ1) is 10.8. The normalized spacial score (nSPS) is 14.1. The third-order valence-electron chi connectivity index (χ3n) is 2.41. The number of aryl methyl sites for hydroxylation is 1. The molecule has 16 heavy (non-hydrogen) atoms. The van der Waals surface area contributed by atoms with Gasteiger partial charge in [0.15, 0.2) is 6.61 Å². The highest BCUT2D eigenvalue weighted by atomic mass is 35.5. The number of amides is 1. The summed E-state index contributed by atoms with van der Waals surface area (Å²) < 4.78 is 5.26. The molecule has 1 aliphatic rings. The van der Waals surface area contributed by atoms with Gasteiger partial charge in [-0.25, -0.2) is 0 Å². The van der Waals surface area contributed by atoms with E-state index in [9.17, 15) is 4.79 Å². The summed E-state index contributed by atoms with van der Waals surface area (Å²) in [5, 5.41) is 9.26. The summed E-state index contributed by atoms with van der Waals surface area (Å²) in [6, 6.07) is 5.39. The molecule has 0 aliphatic carbocycles. The second-order valence-electron chi connectivity index (χ2n) is 3.50. The summed E-state index contributed by atoms with van der Waals surface area (Å²) in [4.78, 5) is 13.0. The van der Waals surface area contributed by atoms with E-state index in [1.54, 1.807) is 12.1 Å². The molecule has 0 unspecified atom stereocenters. The Labute approximate surface area is 98.0 Å². The first-order chi connectivity index (χ1) is 7.63. The van der Waals surface area contributed by atoms with Crippen molar-refractivity contribution in [3.05, 3.63) is 22.7 Å². The van der Waals surface area contributed by atoms with Gasteiger partial charge in [0.25, 0.3) is 5.91 Å². The number of hydrogen-bond acceptors (Lipinski definition) is 3. The number of carbonyl (C=O) groups is 1. The molecule has 1 aromatic rings. The maximum atomic E-state index is 11.6. The molecule has 5 heteroatoms. The van der Waals surface area contributed by atoms with Gasteiger partial charge in [0.2, 0.25) is 0 Å². The molecule has 1 aromatic carbocycles. The molecular formula is C11H9ClN2O2. The van der Waals surface area contributed by atoms with E-state index >= 15 is 0 Å². The number of fused-ring (bicyclic) bond motifs is 1. The Hall–Kier alpha value is -1.73. The van der Waals surface area contributed by atoms with Gasteiger partial charge in [0, 0.05) is 11.1 Å². The van der Waals surface area contributed by atoms with E-state index in [-0.39, 0.29) is 19.1 Å². The Kier molecular flexibility index (Phi) is 2.71. The molecule has 0 N–H and O–H groups in total. The molecule has 0 fully saturated rings. The lowest BCUT2D eigenvalue weighted by atomic mass is 10.1. The Balaban J connectivity index is 2.51. The molecular weight excluding hydrogens is 228 g/mol. The first-order valence-corrected chi connectivity index (χ1v) is 5.11. The van der Waals surface area contributed by atoms with Crippen LogP contribution in [0.3, 0.4) is 0 Å². The van der Waals surface area contributed by atoms with Gasteiger partial charge >= 0.3 is 0 Å². The van der Waals surface area contributed by atoms with Crippen LogP contribution in [0.1, 0.15) is 5.56 Å². The van der Waals surface area contributed by atoms with Crippen molar-refractivity contribution in [1.29, 1.82) is 5.26 Å². The number of benzene rings is 1. The Bertz CT molecular complexity index is 493. The second-order valence-corrected chi connectivity index (χ2v) is 3.90. The summed E-state index contributed by atoms with van der Waals surface area (Å²) in [6.45, 7) is 1.82. The lowest BCUT2D eigenvalue weighted by Gasteiger charge is -2.27. The van der Waals surface area contributed by atoms with Crippen molar-refractivity contribution in [1.82, 2.24) is 0 Å². The Morgan fingerprint density at radius 3 is 3.06 bits per heavy atom. The molecule has 0 aromatic heterocycles.